The zero-order valence-electron chi connectivity index (χ0n) is 10.6. The van der Waals surface area contributed by atoms with Crippen LogP contribution in [0.15, 0.2) is 18.2 Å². The standard InChI is InChI=1S/C13H19ClN2O/c1-13(2)9-15-6-7-16(13)10-4-5-11(14)12(8-10)17-3/h4-5,8,15H,6-7,9H2,1-3H3. The molecule has 0 aromatic heterocycles. The Morgan fingerprint density at radius 2 is 2.18 bits per heavy atom. The molecule has 1 aliphatic rings. The van der Waals surface area contributed by atoms with Gasteiger partial charge in [0.1, 0.15) is 5.75 Å². The molecule has 1 aromatic rings. The van der Waals surface area contributed by atoms with E-state index in [1.807, 2.05) is 12.1 Å². The van der Waals surface area contributed by atoms with Crippen LogP contribution in [-0.2, 0) is 0 Å². The van der Waals surface area contributed by atoms with E-state index in [1.165, 1.54) is 0 Å². The van der Waals surface area contributed by atoms with Crippen LogP contribution in [0.2, 0.25) is 5.02 Å². The molecule has 0 unspecified atom stereocenters. The van der Waals surface area contributed by atoms with Crippen LogP contribution in [0.5, 0.6) is 5.75 Å². The second-order valence-corrected chi connectivity index (χ2v) is 5.37. The second kappa shape index (κ2) is 4.75. The number of nitrogens with zero attached hydrogens (tertiary/aromatic N) is 1. The number of methoxy groups -OCH3 is 1. The number of hydrogen-bond acceptors (Lipinski definition) is 3. The molecule has 0 spiro atoms. The molecule has 4 heteroatoms. The smallest absolute Gasteiger partial charge is 0.139 e. The molecular formula is C13H19ClN2O. The van der Waals surface area contributed by atoms with Crippen LogP contribution >= 0.6 is 11.6 Å². The highest BCUT2D eigenvalue weighted by molar-refractivity contribution is 6.32. The van der Waals surface area contributed by atoms with Crippen molar-refractivity contribution >= 4 is 17.3 Å². The van der Waals surface area contributed by atoms with Gasteiger partial charge in [0, 0.05) is 36.9 Å². The molecule has 2 rings (SSSR count). The van der Waals surface area contributed by atoms with Gasteiger partial charge in [-0.1, -0.05) is 11.6 Å². The van der Waals surface area contributed by atoms with Gasteiger partial charge in [0.05, 0.1) is 12.1 Å². The van der Waals surface area contributed by atoms with E-state index in [0.717, 1.165) is 31.1 Å². The van der Waals surface area contributed by atoms with Crippen molar-refractivity contribution in [2.24, 2.45) is 0 Å². The van der Waals surface area contributed by atoms with Crippen LogP contribution in [0, 0.1) is 0 Å². The topological polar surface area (TPSA) is 24.5 Å². The summed E-state index contributed by atoms with van der Waals surface area (Å²) in [6, 6.07) is 5.96. The zero-order valence-corrected chi connectivity index (χ0v) is 11.3. The molecule has 17 heavy (non-hydrogen) atoms. The summed E-state index contributed by atoms with van der Waals surface area (Å²) in [6.45, 7) is 7.46. The van der Waals surface area contributed by atoms with Crippen molar-refractivity contribution < 1.29 is 4.74 Å². The summed E-state index contributed by atoms with van der Waals surface area (Å²) >= 11 is 6.05. The van der Waals surface area contributed by atoms with Crippen LogP contribution in [0.4, 0.5) is 5.69 Å². The number of hydrogen-bond donors (Lipinski definition) is 1. The van der Waals surface area contributed by atoms with Gasteiger partial charge in [-0.15, -0.1) is 0 Å². The molecule has 0 amide bonds. The van der Waals surface area contributed by atoms with E-state index >= 15 is 0 Å². The fraction of sp³-hybridized carbons (Fsp3) is 0.538. The molecule has 0 bridgehead atoms. The molecular weight excluding hydrogens is 236 g/mol. The maximum atomic E-state index is 6.05. The average Bonchev–Trinajstić information content (AvgIpc) is 2.30. The Morgan fingerprint density at radius 1 is 1.41 bits per heavy atom. The van der Waals surface area contributed by atoms with Gasteiger partial charge in [0.2, 0.25) is 0 Å². The summed E-state index contributed by atoms with van der Waals surface area (Å²) in [6.07, 6.45) is 0. The van der Waals surface area contributed by atoms with E-state index in [1.54, 1.807) is 7.11 Å². The maximum absolute atomic E-state index is 6.05. The van der Waals surface area contributed by atoms with Crippen LogP contribution in [0.3, 0.4) is 0 Å². The third-order valence-electron chi connectivity index (χ3n) is 3.25. The van der Waals surface area contributed by atoms with E-state index in [4.69, 9.17) is 16.3 Å². The Morgan fingerprint density at radius 3 is 2.82 bits per heavy atom. The number of benzene rings is 1. The van der Waals surface area contributed by atoms with E-state index in [2.05, 4.69) is 30.1 Å². The fourth-order valence-electron chi connectivity index (χ4n) is 2.28. The first-order valence-electron chi connectivity index (χ1n) is 5.86. The van der Waals surface area contributed by atoms with Gasteiger partial charge in [-0.2, -0.15) is 0 Å². The van der Waals surface area contributed by atoms with Crippen molar-refractivity contribution in [2.45, 2.75) is 19.4 Å². The Labute approximate surface area is 108 Å². The van der Waals surface area contributed by atoms with Crippen LogP contribution < -0.4 is 15.0 Å². The first kappa shape index (κ1) is 12.5. The molecule has 94 valence electrons. The van der Waals surface area contributed by atoms with Gasteiger partial charge >= 0.3 is 0 Å². The second-order valence-electron chi connectivity index (χ2n) is 4.96. The summed E-state index contributed by atoms with van der Waals surface area (Å²) < 4.78 is 5.27. The van der Waals surface area contributed by atoms with E-state index in [0.29, 0.717) is 5.02 Å². The van der Waals surface area contributed by atoms with E-state index in [-0.39, 0.29) is 5.54 Å². The fourth-order valence-corrected chi connectivity index (χ4v) is 2.47. The number of rotatable bonds is 2. The monoisotopic (exact) mass is 254 g/mol. The largest absolute Gasteiger partial charge is 0.495 e. The highest BCUT2D eigenvalue weighted by Crippen LogP contribution is 2.32. The van der Waals surface area contributed by atoms with Crippen molar-refractivity contribution in [1.29, 1.82) is 0 Å². The third kappa shape index (κ3) is 2.50. The summed E-state index contributed by atoms with van der Waals surface area (Å²) in [7, 11) is 1.65. The molecule has 0 atom stereocenters. The Bertz CT molecular complexity index is 406. The molecule has 1 fully saturated rings. The lowest BCUT2D eigenvalue weighted by molar-refractivity contribution is 0.379. The molecule has 3 nitrogen and oxygen atoms in total. The average molecular weight is 255 g/mol. The zero-order chi connectivity index (χ0) is 12.5. The summed E-state index contributed by atoms with van der Waals surface area (Å²) in [4.78, 5) is 2.39. The molecule has 1 aliphatic heterocycles. The number of anilines is 1. The highest BCUT2D eigenvalue weighted by atomic mass is 35.5. The summed E-state index contributed by atoms with van der Waals surface area (Å²) in [5.74, 6) is 0.735. The van der Waals surface area contributed by atoms with Crippen LogP contribution in [-0.4, -0.2) is 32.3 Å². The van der Waals surface area contributed by atoms with Crippen molar-refractivity contribution in [3.63, 3.8) is 0 Å². The predicted octanol–water partition coefficient (Wildman–Crippen LogP) is 2.54. The van der Waals surface area contributed by atoms with E-state index < -0.39 is 0 Å². The lowest BCUT2D eigenvalue weighted by Crippen LogP contribution is -2.58. The van der Waals surface area contributed by atoms with Gasteiger partial charge in [0.25, 0.3) is 0 Å². The Balaban J connectivity index is 2.32. The predicted molar refractivity (Wildman–Crippen MR) is 72.3 cm³/mol. The van der Waals surface area contributed by atoms with Gasteiger partial charge in [-0.3, -0.25) is 0 Å². The normalized spacial score (nSPS) is 19.2. The minimum atomic E-state index is 0.108. The highest BCUT2D eigenvalue weighted by Gasteiger charge is 2.29. The van der Waals surface area contributed by atoms with Gasteiger partial charge in [-0.05, 0) is 26.0 Å². The molecule has 0 saturated carbocycles. The third-order valence-corrected chi connectivity index (χ3v) is 3.56. The van der Waals surface area contributed by atoms with Crippen molar-refractivity contribution in [3.05, 3.63) is 23.2 Å². The number of nitrogens with one attached hydrogen (secondary N) is 1. The number of piperazine rings is 1. The molecule has 1 heterocycles. The number of ether oxygens (including phenoxy) is 1. The maximum Gasteiger partial charge on any atom is 0.139 e. The lowest BCUT2D eigenvalue weighted by Gasteiger charge is -2.44. The SMILES string of the molecule is COc1cc(N2CCNCC2(C)C)ccc1Cl. The lowest BCUT2D eigenvalue weighted by atomic mass is 9.99. The Hall–Kier alpha value is -0.930. The molecule has 0 radical (unpaired) electrons. The summed E-state index contributed by atoms with van der Waals surface area (Å²) in [5, 5.41) is 4.07. The van der Waals surface area contributed by atoms with Crippen LogP contribution in [0.25, 0.3) is 0 Å². The molecule has 1 saturated heterocycles. The first-order valence-corrected chi connectivity index (χ1v) is 6.24. The van der Waals surface area contributed by atoms with Crippen LogP contribution in [0.1, 0.15) is 13.8 Å². The van der Waals surface area contributed by atoms with Crippen molar-refractivity contribution in [1.82, 2.24) is 5.32 Å². The van der Waals surface area contributed by atoms with Gasteiger partial charge in [0.15, 0.2) is 0 Å². The molecule has 1 aromatic carbocycles. The van der Waals surface area contributed by atoms with Crippen molar-refractivity contribution in [2.75, 3.05) is 31.6 Å². The minimum absolute atomic E-state index is 0.108. The van der Waals surface area contributed by atoms with Gasteiger partial charge < -0.3 is 15.0 Å². The van der Waals surface area contributed by atoms with E-state index in [9.17, 15) is 0 Å². The minimum Gasteiger partial charge on any atom is -0.495 e. The van der Waals surface area contributed by atoms with Gasteiger partial charge in [-0.25, -0.2) is 0 Å². The first-order chi connectivity index (χ1) is 8.04. The summed E-state index contributed by atoms with van der Waals surface area (Å²) in [5.41, 5.74) is 1.27. The quantitative estimate of drug-likeness (QED) is 0.878. The molecule has 0 aliphatic carbocycles. The Kier molecular flexibility index (Phi) is 3.50. The van der Waals surface area contributed by atoms with Crippen molar-refractivity contribution in [3.8, 4) is 5.75 Å². The molecule has 1 N–H and O–H groups in total. The number of halogens is 1.